The van der Waals surface area contributed by atoms with Gasteiger partial charge in [-0.15, -0.1) is 0 Å². The summed E-state index contributed by atoms with van der Waals surface area (Å²) in [6, 6.07) is 4.14. The van der Waals surface area contributed by atoms with Crippen molar-refractivity contribution in [2.45, 2.75) is 68.7 Å². The van der Waals surface area contributed by atoms with E-state index in [0.717, 1.165) is 36.3 Å². The third-order valence-electron chi connectivity index (χ3n) is 8.84. The maximum Gasteiger partial charge on any atom is 0.139 e. The normalized spacial score (nSPS) is 51.2. The van der Waals surface area contributed by atoms with E-state index in [9.17, 15) is 12.6 Å². The lowest BCUT2D eigenvalue weighted by atomic mass is 9.34. The predicted octanol–water partition coefficient (Wildman–Crippen LogP) is 2.21. The Balaban J connectivity index is 1.74. The molecule has 3 saturated carbocycles. The zero-order valence-corrected chi connectivity index (χ0v) is 16.7. The van der Waals surface area contributed by atoms with Crippen molar-refractivity contribution < 1.29 is 22.1 Å². The van der Waals surface area contributed by atoms with Crippen LogP contribution in [-0.2, 0) is 28.0 Å². The summed E-state index contributed by atoms with van der Waals surface area (Å²) < 4.78 is 31.4. The van der Waals surface area contributed by atoms with Gasteiger partial charge in [-0.3, -0.25) is 4.79 Å². The van der Waals surface area contributed by atoms with Crippen molar-refractivity contribution in [2.75, 3.05) is 20.7 Å². The van der Waals surface area contributed by atoms with E-state index < -0.39 is 41.2 Å². The van der Waals surface area contributed by atoms with E-state index >= 15 is 0 Å². The Kier molecular flexibility index (Phi) is 2.85. The van der Waals surface area contributed by atoms with Crippen molar-refractivity contribution in [3.8, 4) is 5.75 Å². The molecule has 6 aliphatic rings. The number of hydrogen-bond donors (Lipinski definition) is 1. The lowest BCUT2D eigenvalue weighted by molar-refractivity contribution is -0.270. The summed E-state index contributed by atoms with van der Waals surface area (Å²) in [5, 5.41) is 10.0. The first-order chi connectivity index (χ1) is 14.3. The number of hydrogen-bond acceptors (Lipinski definition) is 5. The Bertz CT molecular complexity index is 971. The van der Waals surface area contributed by atoms with Gasteiger partial charge in [0.1, 0.15) is 23.2 Å². The maximum atomic E-state index is 12.9. The van der Waals surface area contributed by atoms with Gasteiger partial charge in [0.15, 0.2) is 0 Å². The number of nitrogens with zero attached hydrogens (tertiary/aromatic N) is 1. The number of carbonyl (C=O) groups excluding carboxylic acids is 1. The quantitative estimate of drug-likeness (QED) is 0.865. The fraction of sp³-hybridized carbons (Fsp3) is 0.696. The summed E-state index contributed by atoms with van der Waals surface area (Å²) in [4.78, 5) is 15.3. The van der Waals surface area contributed by atoms with Crippen LogP contribution in [0.15, 0.2) is 12.1 Å². The van der Waals surface area contributed by atoms with Gasteiger partial charge in [-0.05, 0) is 58.1 Å². The molecule has 28 heavy (non-hydrogen) atoms. The summed E-state index contributed by atoms with van der Waals surface area (Å²) in [7, 11) is 3.70. The van der Waals surface area contributed by atoms with Crippen LogP contribution in [0.1, 0.15) is 52.0 Å². The number of fused-ring (bicyclic) bond motifs is 2. The largest absolute Gasteiger partial charge is 0.486 e. The first kappa shape index (κ1) is 15.4. The molecule has 0 amide bonds. The first-order valence-corrected chi connectivity index (χ1v) is 10.3. The average Bonchev–Trinajstić information content (AvgIpc) is 3.09. The van der Waals surface area contributed by atoms with Crippen molar-refractivity contribution in [1.29, 1.82) is 0 Å². The minimum absolute atomic E-state index is 0.0173. The molecule has 4 bridgehead atoms. The second-order valence-electron chi connectivity index (χ2n) is 9.46. The molecule has 0 aromatic heterocycles. The second kappa shape index (κ2) is 5.18. The molecule has 2 heterocycles. The SMILES string of the molecule is [2H]C1C([2H])[C@]23C[C@H](C(C)=O)[C@@]1(OC)[C@@H]1Oc4c(CO)ccc5c4[C@@]12CCN(C)[C@@H]3C5. The molecule has 1 aromatic rings. The van der Waals surface area contributed by atoms with Crippen LogP contribution in [0.25, 0.3) is 0 Å². The summed E-state index contributed by atoms with van der Waals surface area (Å²) in [5.74, 6) is 0.273. The van der Waals surface area contributed by atoms with E-state index in [1.54, 1.807) is 14.0 Å². The number of ketones is 1. The van der Waals surface area contributed by atoms with Crippen LogP contribution in [0.3, 0.4) is 0 Å². The van der Waals surface area contributed by atoms with E-state index in [0.29, 0.717) is 6.42 Å². The molecular formula is C23H29NO4. The molecule has 1 aromatic carbocycles. The van der Waals surface area contributed by atoms with Crippen molar-refractivity contribution in [3.05, 3.63) is 28.8 Å². The Hall–Kier alpha value is -1.43. The predicted molar refractivity (Wildman–Crippen MR) is 103 cm³/mol. The molecule has 4 aliphatic carbocycles. The van der Waals surface area contributed by atoms with E-state index in [1.165, 1.54) is 5.56 Å². The Morgan fingerprint density at radius 1 is 1.46 bits per heavy atom. The zero-order chi connectivity index (χ0) is 21.2. The van der Waals surface area contributed by atoms with Crippen LogP contribution in [0.2, 0.25) is 0 Å². The van der Waals surface area contributed by atoms with Gasteiger partial charge in [-0.25, -0.2) is 0 Å². The van der Waals surface area contributed by atoms with Gasteiger partial charge in [0, 0.05) is 37.9 Å². The number of Topliss-reactive ketones (excluding diaryl/α,β-unsaturated/α-hetero) is 1. The molecule has 1 saturated heterocycles. The molecule has 7 rings (SSSR count). The van der Waals surface area contributed by atoms with Crippen LogP contribution in [0.4, 0.5) is 0 Å². The highest BCUT2D eigenvalue weighted by atomic mass is 16.6. The highest BCUT2D eigenvalue weighted by Gasteiger charge is 2.80. The Morgan fingerprint density at radius 2 is 2.29 bits per heavy atom. The van der Waals surface area contributed by atoms with Gasteiger partial charge >= 0.3 is 0 Å². The van der Waals surface area contributed by atoms with E-state index in [1.807, 2.05) is 6.07 Å². The lowest BCUT2D eigenvalue weighted by Crippen LogP contribution is -2.81. The third kappa shape index (κ3) is 1.56. The Labute approximate surface area is 168 Å². The minimum Gasteiger partial charge on any atom is -0.486 e. The molecule has 8 atom stereocenters. The highest BCUT2D eigenvalue weighted by Crippen LogP contribution is 2.76. The number of aliphatic hydroxyl groups excluding tert-OH is 1. The number of likely N-dealkylation sites (tertiary alicyclic amines) is 1. The molecule has 4 fully saturated rings. The number of methoxy groups -OCH3 is 1. The number of benzene rings is 1. The number of likely N-dealkylation sites (N-methyl/N-ethyl adjacent to an activating group) is 1. The van der Waals surface area contributed by atoms with Crippen LogP contribution >= 0.6 is 0 Å². The van der Waals surface area contributed by atoms with Crippen molar-refractivity contribution in [1.82, 2.24) is 4.90 Å². The van der Waals surface area contributed by atoms with E-state index in [2.05, 4.69) is 18.0 Å². The molecular weight excluding hydrogens is 354 g/mol. The van der Waals surface area contributed by atoms with Crippen molar-refractivity contribution >= 4 is 5.78 Å². The molecule has 2 aliphatic heterocycles. The van der Waals surface area contributed by atoms with Crippen LogP contribution < -0.4 is 4.74 Å². The monoisotopic (exact) mass is 385 g/mol. The average molecular weight is 386 g/mol. The summed E-state index contributed by atoms with van der Waals surface area (Å²) in [5.41, 5.74) is 0.957. The van der Waals surface area contributed by atoms with Crippen molar-refractivity contribution in [2.24, 2.45) is 11.3 Å². The van der Waals surface area contributed by atoms with Crippen molar-refractivity contribution in [3.63, 3.8) is 0 Å². The molecule has 2 spiro atoms. The topological polar surface area (TPSA) is 59.0 Å². The number of piperidine rings is 1. The number of ether oxygens (including phenoxy) is 2. The molecule has 2 unspecified atom stereocenters. The summed E-state index contributed by atoms with van der Waals surface area (Å²) in [6.45, 7) is 2.36. The fourth-order valence-corrected chi connectivity index (χ4v) is 7.71. The number of rotatable bonds is 3. The summed E-state index contributed by atoms with van der Waals surface area (Å²) >= 11 is 0. The van der Waals surface area contributed by atoms with Gasteiger partial charge in [0.05, 0.1) is 12.5 Å². The van der Waals surface area contributed by atoms with Crippen LogP contribution in [0.5, 0.6) is 5.75 Å². The first-order valence-electron chi connectivity index (χ1n) is 11.5. The van der Waals surface area contributed by atoms with Gasteiger partial charge < -0.3 is 19.5 Å². The fourth-order valence-electron chi connectivity index (χ4n) is 7.71. The summed E-state index contributed by atoms with van der Waals surface area (Å²) in [6.07, 6.45) is 0.145. The molecule has 1 N–H and O–H groups in total. The second-order valence-corrected chi connectivity index (χ2v) is 9.46. The Morgan fingerprint density at radius 3 is 3.00 bits per heavy atom. The molecule has 0 radical (unpaired) electrons. The third-order valence-corrected chi connectivity index (χ3v) is 8.84. The van der Waals surface area contributed by atoms with Gasteiger partial charge in [-0.2, -0.15) is 0 Å². The molecule has 5 nitrogen and oxygen atoms in total. The highest BCUT2D eigenvalue weighted by molar-refractivity contribution is 5.81. The molecule has 5 heteroatoms. The van der Waals surface area contributed by atoms with Crippen LogP contribution in [0, 0.1) is 11.3 Å². The van der Waals surface area contributed by atoms with E-state index in [4.69, 9.17) is 9.47 Å². The van der Waals surface area contributed by atoms with Gasteiger partial charge in [0.25, 0.3) is 0 Å². The van der Waals surface area contributed by atoms with E-state index in [-0.39, 0.29) is 18.4 Å². The maximum absolute atomic E-state index is 12.9. The number of carbonyl (C=O) groups is 1. The number of aliphatic hydroxyl groups is 1. The minimum atomic E-state index is -1.15. The van der Waals surface area contributed by atoms with Crippen LogP contribution in [-0.4, -0.2) is 54.2 Å². The smallest absolute Gasteiger partial charge is 0.139 e. The zero-order valence-electron chi connectivity index (χ0n) is 18.7. The van der Waals surface area contributed by atoms with Gasteiger partial charge in [0.2, 0.25) is 0 Å². The standard InChI is InChI=1S/C23H29NO4/c1-13(26)16-11-21-6-7-23(16,27-3)20-22(21)8-9-24(2)17(21)10-14-4-5-15(12-25)19(28-20)18(14)22/h4-5,16-17,20,25H,6-12H2,1-3H3/t16-,17-,20-,21-,22+,23-/m1/s1/i6D,7D/t6?,7?,16-,17-,20-,21-,22+,23-. The lowest BCUT2D eigenvalue weighted by Gasteiger charge is -2.73. The van der Waals surface area contributed by atoms with Gasteiger partial charge in [-0.1, -0.05) is 12.1 Å². The molecule has 150 valence electrons.